The molecule has 8 heteroatoms. The Morgan fingerprint density at radius 3 is 2.30 bits per heavy atom. The van der Waals surface area contributed by atoms with Gasteiger partial charge in [0.05, 0.1) is 11.5 Å². The summed E-state index contributed by atoms with van der Waals surface area (Å²) in [6, 6.07) is 0. The summed E-state index contributed by atoms with van der Waals surface area (Å²) in [6.07, 6.45) is 15.9. The summed E-state index contributed by atoms with van der Waals surface area (Å²) < 4.78 is 39.0. The molecule has 10 atom stereocenters. The Balaban J connectivity index is 1.13. The molecule has 1 heterocycles. The zero-order valence-electron chi connectivity index (χ0n) is 31.9. The Morgan fingerprint density at radius 1 is 0.940 bits per heavy atom. The molecule has 2 N–H and O–H groups in total. The summed E-state index contributed by atoms with van der Waals surface area (Å²) in [5.74, 6) is 2.21. The van der Waals surface area contributed by atoms with Crippen molar-refractivity contribution in [3.05, 3.63) is 35.5 Å². The van der Waals surface area contributed by atoms with Crippen molar-refractivity contribution in [3.63, 3.8) is 0 Å². The number of sulfone groups is 1. The molecule has 5 fully saturated rings. The standard InChI is InChI=1S/C42H65FN2O4S/c1-28(2)30-12-19-42(44-22-23-45-24-26-50(48,49)27-25-45)21-20-39(6)32(35(30)42)8-9-34-38(5)15-13-31(29-10-17-41(43,18-11-29)36(46)47)37(3,4)33(38)14-16-40(34,39)7/h10,13,30,32-35,44H,1,8-9,11-12,14-27H2,2-7H3,(H,46,47)/t30-,32+,33-,34+,35+,38-,39+,40+,41-,42-/m0/s1. The third kappa shape index (κ3) is 5.48. The lowest BCUT2D eigenvalue weighted by Gasteiger charge is -2.72. The number of alkyl halides is 1. The maximum Gasteiger partial charge on any atom is 0.341 e. The second-order valence-electron chi connectivity index (χ2n) is 19.5. The molecule has 50 heavy (non-hydrogen) atoms. The van der Waals surface area contributed by atoms with Gasteiger partial charge in [0.1, 0.15) is 0 Å². The fourth-order valence-electron chi connectivity index (χ4n) is 14.3. The first-order chi connectivity index (χ1) is 23.3. The molecular weight excluding hydrogens is 648 g/mol. The van der Waals surface area contributed by atoms with Crippen LogP contribution < -0.4 is 5.32 Å². The third-order valence-corrected chi connectivity index (χ3v) is 18.8. The summed E-state index contributed by atoms with van der Waals surface area (Å²) in [4.78, 5) is 14.0. The summed E-state index contributed by atoms with van der Waals surface area (Å²) in [7, 11) is -2.87. The van der Waals surface area contributed by atoms with E-state index in [2.05, 4.69) is 64.4 Å². The maximum absolute atomic E-state index is 15.0. The van der Waals surface area contributed by atoms with E-state index in [4.69, 9.17) is 0 Å². The summed E-state index contributed by atoms with van der Waals surface area (Å²) in [5, 5.41) is 13.7. The largest absolute Gasteiger partial charge is 0.479 e. The van der Waals surface area contributed by atoms with Crippen molar-refractivity contribution in [3.8, 4) is 0 Å². The summed E-state index contributed by atoms with van der Waals surface area (Å²) >= 11 is 0. The predicted molar refractivity (Wildman–Crippen MR) is 199 cm³/mol. The molecule has 1 aliphatic heterocycles. The molecule has 6 nitrogen and oxygen atoms in total. The number of halogens is 1. The van der Waals surface area contributed by atoms with Crippen LogP contribution in [-0.2, 0) is 14.6 Å². The van der Waals surface area contributed by atoms with Gasteiger partial charge in [0.2, 0.25) is 5.67 Å². The molecule has 0 unspecified atom stereocenters. The molecular formula is C42H65FN2O4S. The van der Waals surface area contributed by atoms with E-state index in [0.717, 1.165) is 19.5 Å². The van der Waals surface area contributed by atoms with Crippen molar-refractivity contribution in [1.82, 2.24) is 10.2 Å². The molecule has 4 saturated carbocycles. The van der Waals surface area contributed by atoms with Crippen LogP contribution in [0.4, 0.5) is 4.39 Å². The van der Waals surface area contributed by atoms with Crippen LogP contribution in [0.3, 0.4) is 0 Å². The lowest BCUT2D eigenvalue weighted by molar-refractivity contribution is -0.221. The smallest absolute Gasteiger partial charge is 0.341 e. The van der Waals surface area contributed by atoms with Crippen LogP contribution in [0.15, 0.2) is 35.5 Å². The number of nitrogens with zero attached hydrogens (tertiary/aromatic N) is 1. The number of hydrogen-bond donors (Lipinski definition) is 2. The van der Waals surface area contributed by atoms with Gasteiger partial charge < -0.3 is 15.3 Å². The van der Waals surface area contributed by atoms with E-state index in [1.54, 1.807) is 0 Å². The highest BCUT2D eigenvalue weighted by Gasteiger charge is 2.70. The lowest BCUT2D eigenvalue weighted by Crippen LogP contribution is -2.68. The molecule has 7 rings (SSSR count). The van der Waals surface area contributed by atoms with E-state index >= 15 is 4.39 Å². The van der Waals surface area contributed by atoms with Gasteiger partial charge in [0.25, 0.3) is 0 Å². The van der Waals surface area contributed by atoms with Gasteiger partial charge in [-0.2, -0.15) is 0 Å². The molecule has 280 valence electrons. The first-order valence-electron chi connectivity index (χ1n) is 20.0. The van der Waals surface area contributed by atoms with Gasteiger partial charge in [-0.1, -0.05) is 58.9 Å². The van der Waals surface area contributed by atoms with Crippen LogP contribution >= 0.6 is 0 Å². The Hall–Kier alpha value is -1.51. The van der Waals surface area contributed by atoms with Crippen molar-refractivity contribution in [2.45, 2.75) is 130 Å². The van der Waals surface area contributed by atoms with E-state index in [-0.39, 0.29) is 51.5 Å². The van der Waals surface area contributed by atoms with E-state index in [9.17, 15) is 18.3 Å². The van der Waals surface area contributed by atoms with Gasteiger partial charge in [-0.25, -0.2) is 17.6 Å². The topological polar surface area (TPSA) is 86.7 Å². The van der Waals surface area contributed by atoms with Crippen molar-refractivity contribution in [1.29, 1.82) is 0 Å². The van der Waals surface area contributed by atoms with Gasteiger partial charge in [-0.15, -0.1) is 0 Å². The highest BCUT2D eigenvalue weighted by molar-refractivity contribution is 7.91. The van der Waals surface area contributed by atoms with Crippen molar-refractivity contribution in [2.75, 3.05) is 37.7 Å². The molecule has 0 radical (unpaired) electrons. The summed E-state index contributed by atoms with van der Waals surface area (Å²) in [5.41, 5.74) is 2.53. The first kappa shape index (κ1) is 36.8. The fourth-order valence-corrected chi connectivity index (χ4v) is 15.6. The Labute approximate surface area is 302 Å². The number of carbonyl (C=O) groups is 1. The molecule has 1 saturated heterocycles. The molecule has 0 amide bonds. The van der Waals surface area contributed by atoms with Crippen LogP contribution in [0.1, 0.15) is 119 Å². The van der Waals surface area contributed by atoms with Crippen LogP contribution in [0.5, 0.6) is 0 Å². The SMILES string of the molecule is C=C(C)[C@@H]1CC[C@]2(NCCN3CCS(=O)(=O)CC3)CC[C@]3(C)[C@H](CC[C@@H]4[C@@]5(C)CC=C(C6=CC[C@@](F)(C(=O)O)CC6)C(C)(C)[C@@H]5CC[C@]43C)[C@@H]12. The highest BCUT2D eigenvalue weighted by atomic mass is 32.2. The maximum atomic E-state index is 15.0. The molecule has 0 aromatic heterocycles. The van der Waals surface area contributed by atoms with Crippen LogP contribution in [0.25, 0.3) is 0 Å². The minimum atomic E-state index is -2.87. The average molecular weight is 713 g/mol. The monoisotopic (exact) mass is 712 g/mol. The Kier molecular flexibility index (Phi) is 9.03. The predicted octanol–water partition coefficient (Wildman–Crippen LogP) is 8.16. The highest BCUT2D eigenvalue weighted by Crippen LogP contribution is 2.76. The molecule has 7 aliphatic rings. The molecule has 0 aromatic carbocycles. The number of aliphatic carboxylic acids is 1. The van der Waals surface area contributed by atoms with E-state index in [1.807, 2.05) is 6.08 Å². The van der Waals surface area contributed by atoms with Crippen LogP contribution in [0.2, 0.25) is 0 Å². The average Bonchev–Trinajstić information content (AvgIpc) is 3.43. The lowest BCUT2D eigenvalue weighted by atomic mass is 9.33. The van der Waals surface area contributed by atoms with E-state index < -0.39 is 21.5 Å². The third-order valence-electron chi connectivity index (χ3n) is 17.2. The van der Waals surface area contributed by atoms with Crippen LogP contribution in [-0.4, -0.2) is 73.3 Å². The minimum Gasteiger partial charge on any atom is -0.479 e. The van der Waals surface area contributed by atoms with Gasteiger partial charge in [0, 0.05) is 38.1 Å². The van der Waals surface area contributed by atoms with Gasteiger partial charge in [0.15, 0.2) is 9.84 Å². The molecule has 0 spiro atoms. The van der Waals surface area contributed by atoms with E-state index in [0.29, 0.717) is 49.1 Å². The van der Waals surface area contributed by atoms with Crippen LogP contribution in [0, 0.1) is 51.2 Å². The Morgan fingerprint density at radius 2 is 1.66 bits per heavy atom. The minimum absolute atomic E-state index is 0.0290. The molecule has 0 aromatic rings. The van der Waals surface area contributed by atoms with Gasteiger partial charge in [-0.3, -0.25) is 0 Å². The molecule has 6 aliphatic carbocycles. The number of allylic oxidation sites excluding steroid dienone is 5. The second-order valence-corrected chi connectivity index (χ2v) is 21.8. The zero-order chi connectivity index (χ0) is 36.1. The quantitative estimate of drug-likeness (QED) is 0.259. The van der Waals surface area contributed by atoms with E-state index in [1.165, 1.54) is 68.1 Å². The first-order valence-corrected chi connectivity index (χ1v) is 21.8. The van der Waals surface area contributed by atoms with Gasteiger partial charge >= 0.3 is 5.97 Å². The number of carboxylic acid groups (broad SMARTS) is 1. The zero-order valence-corrected chi connectivity index (χ0v) is 32.7. The second kappa shape index (κ2) is 12.3. The van der Waals surface area contributed by atoms with Crippen molar-refractivity contribution >= 4 is 15.8 Å². The number of carboxylic acids is 1. The normalized spacial score (nSPS) is 46.7. The number of hydrogen-bond acceptors (Lipinski definition) is 5. The number of fused-ring (bicyclic) bond motifs is 7. The summed E-state index contributed by atoms with van der Waals surface area (Å²) in [6.45, 7) is 22.8. The molecule has 0 bridgehead atoms. The fraction of sp³-hybridized carbons (Fsp3) is 0.833. The van der Waals surface area contributed by atoms with Crippen molar-refractivity contribution in [2.24, 2.45) is 51.2 Å². The van der Waals surface area contributed by atoms with Crippen molar-refractivity contribution < 1.29 is 22.7 Å². The Bertz CT molecular complexity index is 1570. The van der Waals surface area contributed by atoms with Gasteiger partial charge in [-0.05, 0) is 140 Å². The number of nitrogens with one attached hydrogen (secondary N) is 1. The number of rotatable bonds is 7.